The van der Waals surface area contributed by atoms with Gasteiger partial charge in [-0.15, -0.1) is 0 Å². The van der Waals surface area contributed by atoms with E-state index in [1.165, 1.54) is 30.2 Å². The molecular formula is C23H27Cl2N3O6. The Bertz CT molecular complexity index is 1050. The first kappa shape index (κ1) is 27.2. The predicted molar refractivity (Wildman–Crippen MR) is 130 cm³/mol. The summed E-state index contributed by atoms with van der Waals surface area (Å²) in [5, 5.41) is 14.7. The van der Waals surface area contributed by atoms with Gasteiger partial charge in [-0.1, -0.05) is 36.2 Å². The van der Waals surface area contributed by atoms with Crippen LogP contribution in [-0.4, -0.2) is 47.4 Å². The highest BCUT2D eigenvalue weighted by Gasteiger charge is 2.30. The first-order valence-electron chi connectivity index (χ1n) is 10.6. The third-order valence-corrected chi connectivity index (χ3v) is 5.47. The molecule has 0 heterocycles. The monoisotopic (exact) mass is 511 g/mol. The molecule has 2 rings (SSSR count). The number of hydrogen-bond acceptors (Lipinski definition) is 6. The number of rotatable bonds is 11. The van der Waals surface area contributed by atoms with Gasteiger partial charge in [0.15, 0.2) is 6.61 Å². The molecule has 2 aromatic carbocycles. The summed E-state index contributed by atoms with van der Waals surface area (Å²) in [7, 11) is 1.30. The van der Waals surface area contributed by atoms with Crippen LogP contribution in [0.1, 0.15) is 32.8 Å². The van der Waals surface area contributed by atoms with Crippen molar-refractivity contribution in [2.75, 3.05) is 13.7 Å². The van der Waals surface area contributed by atoms with Crippen molar-refractivity contribution in [2.45, 2.75) is 45.8 Å². The minimum Gasteiger partial charge on any atom is -0.490 e. The summed E-state index contributed by atoms with van der Waals surface area (Å²) >= 11 is 12.3. The molecule has 0 aliphatic carbocycles. The van der Waals surface area contributed by atoms with Gasteiger partial charge in [-0.05, 0) is 44.0 Å². The molecule has 0 saturated heterocycles. The average Bonchev–Trinajstić information content (AvgIpc) is 2.77. The van der Waals surface area contributed by atoms with Gasteiger partial charge < -0.3 is 19.7 Å². The van der Waals surface area contributed by atoms with E-state index in [1.54, 1.807) is 25.1 Å². The van der Waals surface area contributed by atoms with Crippen LogP contribution in [0.3, 0.4) is 0 Å². The van der Waals surface area contributed by atoms with Crippen LogP contribution >= 0.6 is 23.2 Å². The Morgan fingerprint density at radius 2 is 1.88 bits per heavy atom. The van der Waals surface area contributed by atoms with Crippen LogP contribution < -0.4 is 14.8 Å². The maximum absolute atomic E-state index is 13.2. The number of ether oxygens (including phenoxy) is 2. The number of carbonyl (C=O) groups is 2. The van der Waals surface area contributed by atoms with Gasteiger partial charge in [0.2, 0.25) is 11.7 Å². The third kappa shape index (κ3) is 7.23. The lowest BCUT2D eigenvalue weighted by molar-refractivity contribution is -0.385. The van der Waals surface area contributed by atoms with Crippen LogP contribution in [0.25, 0.3) is 0 Å². The zero-order valence-corrected chi connectivity index (χ0v) is 20.9. The number of nitro benzene ring substituents is 1. The standard InChI is InChI=1S/C23H27Cl2N3O6/c1-5-19(23(30)26-14(2)3)27(12-15-6-7-16(24)10-18(15)25)22(29)13-34-17-8-9-20(28(31)32)21(11-17)33-4/h6-11,14,19H,5,12-13H2,1-4H3,(H,26,30). The van der Waals surface area contributed by atoms with E-state index >= 15 is 0 Å². The highest BCUT2D eigenvalue weighted by molar-refractivity contribution is 6.35. The predicted octanol–water partition coefficient (Wildman–Crippen LogP) is 4.62. The zero-order chi connectivity index (χ0) is 25.4. The lowest BCUT2D eigenvalue weighted by Crippen LogP contribution is -2.51. The Kier molecular flexibility index (Phi) is 9.95. The summed E-state index contributed by atoms with van der Waals surface area (Å²) < 4.78 is 10.6. The van der Waals surface area contributed by atoms with E-state index in [1.807, 2.05) is 13.8 Å². The molecular weight excluding hydrogens is 485 g/mol. The largest absolute Gasteiger partial charge is 0.490 e. The van der Waals surface area contributed by atoms with Crippen molar-refractivity contribution in [3.63, 3.8) is 0 Å². The van der Waals surface area contributed by atoms with Crippen molar-refractivity contribution < 1.29 is 24.0 Å². The van der Waals surface area contributed by atoms with Crippen LogP contribution in [0.5, 0.6) is 11.5 Å². The van der Waals surface area contributed by atoms with Crippen LogP contribution in [0.15, 0.2) is 36.4 Å². The molecule has 34 heavy (non-hydrogen) atoms. The number of hydrogen-bond donors (Lipinski definition) is 1. The van der Waals surface area contributed by atoms with E-state index in [-0.39, 0.29) is 35.7 Å². The van der Waals surface area contributed by atoms with Gasteiger partial charge in [-0.25, -0.2) is 0 Å². The number of nitrogens with zero attached hydrogens (tertiary/aromatic N) is 2. The van der Waals surface area contributed by atoms with Crippen molar-refractivity contribution in [3.05, 3.63) is 62.1 Å². The highest BCUT2D eigenvalue weighted by atomic mass is 35.5. The lowest BCUT2D eigenvalue weighted by Gasteiger charge is -2.31. The number of halogens is 2. The van der Waals surface area contributed by atoms with Crippen molar-refractivity contribution >= 4 is 40.7 Å². The number of benzene rings is 2. The molecule has 1 N–H and O–H groups in total. The highest BCUT2D eigenvalue weighted by Crippen LogP contribution is 2.31. The Morgan fingerprint density at radius 3 is 2.44 bits per heavy atom. The van der Waals surface area contributed by atoms with Crippen LogP contribution in [-0.2, 0) is 16.1 Å². The van der Waals surface area contributed by atoms with Gasteiger partial charge in [0.25, 0.3) is 5.91 Å². The number of carbonyl (C=O) groups excluding carboxylic acids is 2. The molecule has 2 amide bonds. The van der Waals surface area contributed by atoms with Gasteiger partial charge in [-0.2, -0.15) is 0 Å². The van der Waals surface area contributed by atoms with E-state index in [0.29, 0.717) is 22.0 Å². The van der Waals surface area contributed by atoms with E-state index in [9.17, 15) is 19.7 Å². The molecule has 9 nitrogen and oxygen atoms in total. The molecule has 0 bridgehead atoms. The maximum atomic E-state index is 13.2. The number of amides is 2. The zero-order valence-electron chi connectivity index (χ0n) is 19.3. The fourth-order valence-corrected chi connectivity index (χ4v) is 3.73. The first-order valence-corrected chi connectivity index (χ1v) is 11.3. The molecule has 0 aliphatic rings. The van der Waals surface area contributed by atoms with Gasteiger partial charge in [0, 0.05) is 34.8 Å². The van der Waals surface area contributed by atoms with Crippen molar-refractivity contribution in [2.24, 2.45) is 0 Å². The van der Waals surface area contributed by atoms with Crippen LogP contribution in [0.4, 0.5) is 5.69 Å². The molecule has 11 heteroatoms. The summed E-state index contributed by atoms with van der Waals surface area (Å²) in [6, 6.07) is 7.97. The first-order chi connectivity index (χ1) is 16.1. The van der Waals surface area contributed by atoms with E-state index < -0.39 is 23.5 Å². The average molecular weight is 512 g/mol. The number of nitro groups is 1. The molecule has 0 aromatic heterocycles. The number of methoxy groups -OCH3 is 1. The Balaban J connectivity index is 2.29. The molecule has 0 radical (unpaired) electrons. The SMILES string of the molecule is CCC(C(=O)NC(C)C)N(Cc1ccc(Cl)cc1Cl)C(=O)COc1ccc([N+](=O)[O-])c(OC)c1. The van der Waals surface area contributed by atoms with Gasteiger partial charge in [0.05, 0.1) is 12.0 Å². The quantitative estimate of drug-likeness (QED) is 0.348. The van der Waals surface area contributed by atoms with Gasteiger partial charge in [-0.3, -0.25) is 19.7 Å². The normalized spacial score (nSPS) is 11.6. The van der Waals surface area contributed by atoms with E-state index in [4.69, 9.17) is 32.7 Å². The molecule has 0 saturated carbocycles. The molecule has 0 spiro atoms. The molecule has 184 valence electrons. The Labute approximate surface area is 208 Å². The van der Waals surface area contributed by atoms with E-state index in [0.717, 1.165) is 0 Å². The minimum atomic E-state index is -0.767. The summed E-state index contributed by atoms with van der Waals surface area (Å²) in [5.74, 6) is -0.551. The Morgan fingerprint density at radius 1 is 1.18 bits per heavy atom. The Hall–Kier alpha value is -3.04. The van der Waals surface area contributed by atoms with Crippen molar-refractivity contribution in [1.82, 2.24) is 10.2 Å². The van der Waals surface area contributed by atoms with Crippen LogP contribution in [0, 0.1) is 10.1 Å². The molecule has 0 aliphatic heterocycles. The fraction of sp³-hybridized carbons (Fsp3) is 0.391. The molecule has 1 unspecified atom stereocenters. The minimum absolute atomic E-state index is 0.00231. The second-order valence-corrected chi connectivity index (χ2v) is 8.57. The fourth-order valence-electron chi connectivity index (χ4n) is 3.26. The topological polar surface area (TPSA) is 111 Å². The third-order valence-electron chi connectivity index (χ3n) is 4.88. The maximum Gasteiger partial charge on any atom is 0.311 e. The summed E-state index contributed by atoms with van der Waals surface area (Å²) in [4.78, 5) is 38.0. The number of nitrogens with one attached hydrogen (secondary N) is 1. The van der Waals surface area contributed by atoms with Gasteiger partial charge in [0.1, 0.15) is 11.8 Å². The molecule has 0 fully saturated rings. The molecule has 1 atom stereocenters. The molecule has 2 aromatic rings. The summed E-state index contributed by atoms with van der Waals surface area (Å²) in [5.41, 5.74) is 0.392. The smallest absolute Gasteiger partial charge is 0.311 e. The summed E-state index contributed by atoms with van der Waals surface area (Å²) in [6.45, 7) is 5.12. The van der Waals surface area contributed by atoms with Crippen LogP contribution in [0.2, 0.25) is 10.0 Å². The van der Waals surface area contributed by atoms with Gasteiger partial charge >= 0.3 is 5.69 Å². The van der Waals surface area contributed by atoms with E-state index in [2.05, 4.69) is 5.32 Å². The lowest BCUT2D eigenvalue weighted by atomic mass is 10.1. The second kappa shape index (κ2) is 12.4. The second-order valence-electron chi connectivity index (χ2n) is 7.72. The van der Waals surface area contributed by atoms with Crippen molar-refractivity contribution in [3.8, 4) is 11.5 Å². The van der Waals surface area contributed by atoms with Crippen molar-refractivity contribution in [1.29, 1.82) is 0 Å². The summed E-state index contributed by atoms with van der Waals surface area (Å²) in [6.07, 6.45) is 0.362.